The fraction of sp³-hybridized carbons (Fsp3) is 0.500. The van der Waals surface area contributed by atoms with E-state index in [4.69, 9.17) is 0 Å². The standard InChI is InChI=1S/C18H26N4OS/c1-12(2)5-8-14(4)19-16(23)11-24-18-20-17(21-22-18)15-9-6-13(3)7-10-15/h6-7,9-10,12,14H,5,8,11H2,1-4H3,(H,19,23)(H,20,21,22)/t14-/m0/s1. The average Bonchev–Trinajstić information content (AvgIpc) is 3.00. The lowest BCUT2D eigenvalue weighted by atomic mass is 10.0. The molecule has 0 aliphatic heterocycles. The third kappa shape index (κ3) is 6.00. The summed E-state index contributed by atoms with van der Waals surface area (Å²) in [7, 11) is 0. The number of nitrogens with one attached hydrogen (secondary N) is 2. The number of thioether (sulfide) groups is 1. The number of benzene rings is 1. The van der Waals surface area contributed by atoms with E-state index >= 15 is 0 Å². The van der Waals surface area contributed by atoms with E-state index in [1.54, 1.807) is 0 Å². The minimum atomic E-state index is 0.0259. The smallest absolute Gasteiger partial charge is 0.230 e. The quantitative estimate of drug-likeness (QED) is 0.713. The topological polar surface area (TPSA) is 70.7 Å². The Bertz CT molecular complexity index is 651. The first kappa shape index (κ1) is 18.5. The van der Waals surface area contributed by atoms with Gasteiger partial charge in [0.15, 0.2) is 5.82 Å². The molecule has 0 fully saturated rings. The number of aromatic amines is 1. The van der Waals surface area contributed by atoms with Crippen molar-refractivity contribution in [2.45, 2.75) is 51.7 Å². The van der Waals surface area contributed by atoms with E-state index in [0.29, 0.717) is 16.8 Å². The molecule has 0 saturated carbocycles. The Kier molecular flexibility index (Phi) is 6.85. The molecule has 0 unspecified atom stereocenters. The Morgan fingerprint density at radius 3 is 2.58 bits per heavy atom. The normalized spacial score (nSPS) is 12.4. The molecular weight excluding hydrogens is 320 g/mol. The van der Waals surface area contributed by atoms with Crippen LogP contribution in [0.2, 0.25) is 0 Å². The van der Waals surface area contributed by atoms with Gasteiger partial charge in [-0.1, -0.05) is 55.4 Å². The summed E-state index contributed by atoms with van der Waals surface area (Å²) in [6.07, 6.45) is 2.13. The molecule has 2 aromatic rings. The number of carbonyl (C=O) groups excluding carboxylic acids is 1. The third-order valence-corrected chi connectivity index (χ3v) is 4.55. The molecule has 130 valence electrons. The minimum Gasteiger partial charge on any atom is -0.353 e. The molecule has 1 amide bonds. The second-order valence-corrected chi connectivity index (χ2v) is 7.50. The first-order valence-electron chi connectivity index (χ1n) is 8.35. The van der Waals surface area contributed by atoms with Crippen molar-refractivity contribution < 1.29 is 4.79 Å². The van der Waals surface area contributed by atoms with Gasteiger partial charge in [-0.05, 0) is 32.6 Å². The monoisotopic (exact) mass is 346 g/mol. The van der Waals surface area contributed by atoms with E-state index in [0.717, 1.165) is 24.2 Å². The van der Waals surface area contributed by atoms with Crippen LogP contribution in [-0.2, 0) is 4.79 Å². The summed E-state index contributed by atoms with van der Waals surface area (Å²) in [6, 6.07) is 8.30. The maximum Gasteiger partial charge on any atom is 0.230 e. The summed E-state index contributed by atoms with van der Waals surface area (Å²) in [4.78, 5) is 16.4. The first-order valence-corrected chi connectivity index (χ1v) is 9.34. The molecule has 0 aliphatic rings. The summed E-state index contributed by atoms with van der Waals surface area (Å²) in [5.74, 6) is 1.74. The number of nitrogens with zero attached hydrogens (tertiary/aromatic N) is 2. The number of amides is 1. The fourth-order valence-corrected chi connectivity index (χ4v) is 2.86. The van der Waals surface area contributed by atoms with Crippen LogP contribution in [0.15, 0.2) is 29.4 Å². The van der Waals surface area contributed by atoms with Gasteiger partial charge < -0.3 is 5.32 Å². The van der Waals surface area contributed by atoms with Crippen molar-refractivity contribution in [3.05, 3.63) is 29.8 Å². The van der Waals surface area contributed by atoms with Crippen LogP contribution in [0, 0.1) is 12.8 Å². The first-order chi connectivity index (χ1) is 11.4. The van der Waals surface area contributed by atoms with Crippen LogP contribution < -0.4 is 5.32 Å². The largest absolute Gasteiger partial charge is 0.353 e. The van der Waals surface area contributed by atoms with Gasteiger partial charge in [0.1, 0.15) is 0 Å². The van der Waals surface area contributed by atoms with Crippen LogP contribution in [0.3, 0.4) is 0 Å². The predicted molar refractivity (Wildman–Crippen MR) is 99.0 cm³/mol. The predicted octanol–water partition coefficient (Wildman–Crippen LogP) is 3.81. The molecule has 6 heteroatoms. The highest BCUT2D eigenvalue weighted by Gasteiger charge is 2.11. The number of aryl methyl sites for hydroxylation is 1. The van der Waals surface area contributed by atoms with Crippen molar-refractivity contribution in [3.8, 4) is 11.4 Å². The number of carbonyl (C=O) groups is 1. The molecule has 24 heavy (non-hydrogen) atoms. The van der Waals surface area contributed by atoms with Crippen LogP contribution >= 0.6 is 11.8 Å². The highest BCUT2D eigenvalue weighted by molar-refractivity contribution is 7.99. The molecule has 2 N–H and O–H groups in total. The van der Waals surface area contributed by atoms with Crippen molar-refractivity contribution >= 4 is 17.7 Å². The highest BCUT2D eigenvalue weighted by atomic mass is 32.2. The molecule has 2 rings (SSSR count). The summed E-state index contributed by atoms with van der Waals surface area (Å²) >= 11 is 1.35. The second kappa shape index (κ2) is 8.87. The Labute approximate surface area is 148 Å². The molecule has 0 bridgehead atoms. The average molecular weight is 346 g/mol. The van der Waals surface area contributed by atoms with Gasteiger partial charge in [0.25, 0.3) is 0 Å². The molecule has 5 nitrogen and oxygen atoms in total. The van der Waals surface area contributed by atoms with Crippen molar-refractivity contribution in [3.63, 3.8) is 0 Å². The van der Waals surface area contributed by atoms with E-state index < -0.39 is 0 Å². The highest BCUT2D eigenvalue weighted by Crippen LogP contribution is 2.19. The number of aromatic nitrogens is 3. The van der Waals surface area contributed by atoms with Crippen LogP contribution in [0.4, 0.5) is 0 Å². The van der Waals surface area contributed by atoms with Gasteiger partial charge in [0.2, 0.25) is 11.1 Å². The molecule has 1 aromatic heterocycles. The second-order valence-electron chi connectivity index (χ2n) is 6.56. The number of H-pyrrole nitrogens is 1. The van der Waals surface area contributed by atoms with E-state index in [9.17, 15) is 4.79 Å². The summed E-state index contributed by atoms with van der Waals surface area (Å²) in [5, 5.41) is 10.7. The zero-order chi connectivity index (χ0) is 17.5. The SMILES string of the molecule is Cc1ccc(-c2nc(SCC(=O)N[C@@H](C)CCC(C)C)n[nH]2)cc1. The van der Waals surface area contributed by atoms with Gasteiger partial charge in [-0.3, -0.25) is 9.89 Å². The summed E-state index contributed by atoms with van der Waals surface area (Å²) in [5.41, 5.74) is 2.20. The Hall–Kier alpha value is -1.82. The molecule has 0 saturated heterocycles. The molecule has 0 spiro atoms. The van der Waals surface area contributed by atoms with Gasteiger partial charge in [-0.25, -0.2) is 4.98 Å². The third-order valence-electron chi connectivity index (χ3n) is 3.71. The van der Waals surface area contributed by atoms with Crippen molar-refractivity contribution in [2.24, 2.45) is 5.92 Å². The van der Waals surface area contributed by atoms with Gasteiger partial charge in [-0.15, -0.1) is 5.10 Å². The molecule has 1 heterocycles. The van der Waals surface area contributed by atoms with E-state index in [1.807, 2.05) is 38.1 Å². The van der Waals surface area contributed by atoms with Crippen LogP contribution in [-0.4, -0.2) is 32.9 Å². The number of hydrogen-bond donors (Lipinski definition) is 2. The lowest BCUT2D eigenvalue weighted by molar-refractivity contribution is -0.119. The van der Waals surface area contributed by atoms with Crippen LogP contribution in [0.1, 0.15) is 39.2 Å². The van der Waals surface area contributed by atoms with E-state index in [2.05, 4.69) is 34.3 Å². The van der Waals surface area contributed by atoms with Crippen molar-refractivity contribution in [2.75, 3.05) is 5.75 Å². The molecule has 0 aliphatic carbocycles. The summed E-state index contributed by atoms with van der Waals surface area (Å²) in [6.45, 7) is 8.48. The zero-order valence-corrected chi connectivity index (χ0v) is 15.6. The van der Waals surface area contributed by atoms with Crippen molar-refractivity contribution in [1.82, 2.24) is 20.5 Å². The van der Waals surface area contributed by atoms with Gasteiger partial charge in [-0.2, -0.15) is 0 Å². The number of rotatable bonds is 8. The Balaban J connectivity index is 1.80. The minimum absolute atomic E-state index is 0.0259. The molecule has 1 aromatic carbocycles. The summed E-state index contributed by atoms with van der Waals surface area (Å²) < 4.78 is 0. The molecular formula is C18H26N4OS. The van der Waals surface area contributed by atoms with E-state index in [1.165, 1.54) is 17.3 Å². The number of hydrogen-bond acceptors (Lipinski definition) is 4. The van der Waals surface area contributed by atoms with Gasteiger partial charge in [0, 0.05) is 11.6 Å². The molecule has 0 radical (unpaired) electrons. The lowest BCUT2D eigenvalue weighted by Crippen LogP contribution is -2.34. The van der Waals surface area contributed by atoms with Crippen LogP contribution in [0.5, 0.6) is 0 Å². The van der Waals surface area contributed by atoms with Crippen molar-refractivity contribution in [1.29, 1.82) is 0 Å². The maximum absolute atomic E-state index is 12.0. The fourth-order valence-electron chi connectivity index (χ4n) is 2.25. The zero-order valence-electron chi connectivity index (χ0n) is 14.8. The Morgan fingerprint density at radius 2 is 1.92 bits per heavy atom. The lowest BCUT2D eigenvalue weighted by Gasteiger charge is -2.14. The van der Waals surface area contributed by atoms with E-state index in [-0.39, 0.29) is 11.9 Å². The van der Waals surface area contributed by atoms with Gasteiger partial charge in [0.05, 0.1) is 5.75 Å². The maximum atomic E-state index is 12.0. The Morgan fingerprint density at radius 1 is 1.21 bits per heavy atom. The molecule has 1 atom stereocenters. The van der Waals surface area contributed by atoms with Crippen LogP contribution in [0.25, 0.3) is 11.4 Å². The van der Waals surface area contributed by atoms with Gasteiger partial charge >= 0.3 is 0 Å².